The maximum absolute atomic E-state index is 12.5. The molecule has 0 saturated carbocycles. The van der Waals surface area contributed by atoms with Gasteiger partial charge in [0.05, 0.1) is 19.3 Å². The summed E-state index contributed by atoms with van der Waals surface area (Å²) in [6, 6.07) is 5.29. The van der Waals surface area contributed by atoms with Crippen molar-refractivity contribution in [2.45, 2.75) is 38.3 Å². The average molecular weight is 371 g/mol. The molecule has 0 unspecified atom stereocenters. The van der Waals surface area contributed by atoms with E-state index in [-0.39, 0.29) is 5.91 Å². The Morgan fingerprint density at radius 1 is 1.26 bits per heavy atom. The van der Waals surface area contributed by atoms with E-state index < -0.39 is 12.1 Å². The summed E-state index contributed by atoms with van der Waals surface area (Å²) in [6.07, 6.45) is 6.68. The van der Waals surface area contributed by atoms with Gasteiger partial charge < -0.3 is 19.5 Å². The molecular weight excluding hydrogens is 346 g/mol. The minimum absolute atomic E-state index is 0.0873. The molecule has 144 valence electrons. The molecule has 2 amide bonds. The maximum atomic E-state index is 12.5. The number of piperidine rings is 1. The number of imidazole rings is 1. The Hall–Kier alpha value is -2.90. The molecule has 1 fully saturated rings. The number of hydrogen-bond acceptors (Lipinski definition) is 5. The molecule has 3 heterocycles. The highest BCUT2D eigenvalue weighted by molar-refractivity contribution is 5.85. The monoisotopic (exact) mass is 371 g/mol. The second-order valence-corrected chi connectivity index (χ2v) is 6.69. The number of carbonyl (C=O) groups is 2. The molecule has 8 heteroatoms. The van der Waals surface area contributed by atoms with Gasteiger partial charge in [0.1, 0.15) is 11.9 Å². The van der Waals surface area contributed by atoms with Crippen LogP contribution >= 0.6 is 0 Å². The first-order chi connectivity index (χ1) is 13.1. The number of alkyl carbamates (subject to hydrolysis) is 1. The predicted molar refractivity (Wildman–Crippen MR) is 99.1 cm³/mol. The van der Waals surface area contributed by atoms with Crippen molar-refractivity contribution < 1.29 is 14.3 Å². The van der Waals surface area contributed by atoms with Gasteiger partial charge in [0.15, 0.2) is 0 Å². The van der Waals surface area contributed by atoms with Crippen molar-refractivity contribution in [1.29, 1.82) is 0 Å². The Kier molecular flexibility index (Phi) is 6.05. The molecular formula is C19H25N5O3. The molecule has 1 saturated heterocycles. The number of aromatic nitrogens is 3. The van der Waals surface area contributed by atoms with Crippen LogP contribution in [-0.4, -0.2) is 57.7 Å². The van der Waals surface area contributed by atoms with E-state index in [2.05, 4.69) is 24.6 Å². The number of pyridine rings is 1. The average Bonchev–Trinajstić information content (AvgIpc) is 3.16. The van der Waals surface area contributed by atoms with Crippen LogP contribution in [0.2, 0.25) is 0 Å². The van der Waals surface area contributed by atoms with Crippen LogP contribution in [0.5, 0.6) is 0 Å². The third kappa shape index (κ3) is 4.64. The van der Waals surface area contributed by atoms with Crippen LogP contribution in [0.1, 0.15) is 37.2 Å². The van der Waals surface area contributed by atoms with Gasteiger partial charge in [-0.05, 0) is 31.9 Å². The molecule has 1 aliphatic rings. The topological polar surface area (TPSA) is 89.4 Å². The lowest BCUT2D eigenvalue weighted by Gasteiger charge is -2.33. The highest BCUT2D eigenvalue weighted by atomic mass is 16.5. The van der Waals surface area contributed by atoms with Gasteiger partial charge in [-0.1, -0.05) is 6.07 Å². The molecule has 0 aliphatic carbocycles. The van der Waals surface area contributed by atoms with Crippen LogP contribution in [0.25, 0.3) is 0 Å². The SMILES string of the molecule is COC(=O)N[C@@H](C)C(=O)N1CCC(c2nccn2Cc2ccccn2)CC1. The van der Waals surface area contributed by atoms with Crippen molar-refractivity contribution in [3.05, 3.63) is 48.3 Å². The lowest BCUT2D eigenvalue weighted by Crippen LogP contribution is -2.49. The van der Waals surface area contributed by atoms with Crippen molar-refractivity contribution in [2.75, 3.05) is 20.2 Å². The summed E-state index contributed by atoms with van der Waals surface area (Å²) in [5.41, 5.74) is 0.993. The second kappa shape index (κ2) is 8.66. The molecule has 0 spiro atoms. The first-order valence-electron chi connectivity index (χ1n) is 9.12. The minimum atomic E-state index is -0.597. The summed E-state index contributed by atoms with van der Waals surface area (Å²) in [6.45, 7) is 3.65. The Bertz CT molecular complexity index is 769. The standard InChI is InChI=1S/C19H25N5O3/c1-14(22-19(26)27-2)18(25)23-10-6-15(7-11-23)17-21-9-12-24(17)13-16-5-3-4-8-20-16/h3-5,8-9,12,14-15H,6-7,10-11,13H2,1-2H3,(H,22,26)/t14-/m0/s1. The van der Waals surface area contributed by atoms with Crippen molar-refractivity contribution in [1.82, 2.24) is 24.8 Å². The summed E-state index contributed by atoms with van der Waals surface area (Å²) >= 11 is 0. The van der Waals surface area contributed by atoms with Crippen molar-refractivity contribution in [3.8, 4) is 0 Å². The summed E-state index contributed by atoms with van der Waals surface area (Å²) in [5.74, 6) is 1.25. The maximum Gasteiger partial charge on any atom is 0.407 e. The van der Waals surface area contributed by atoms with E-state index in [1.54, 1.807) is 18.0 Å². The number of amides is 2. The lowest BCUT2D eigenvalue weighted by molar-refractivity contribution is -0.134. The first-order valence-corrected chi connectivity index (χ1v) is 9.12. The fourth-order valence-electron chi connectivity index (χ4n) is 3.41. The van der Waals surface area contributed by atoms with Gasteiger partial charge in [0.2, 0.25) is 5.91 Å². The molecule has 8 nitrogen and oxygen atoms in total. The van der Waals surface area contributed by atoms with Crippen LogP contribution in [0.15, 0.2) is 36.8 Å². The summed E-state index contributed by atoms with van der Waals surface area (Å²) in [7, 11) is 1.28. The van der Waals surface area contributed by atoms with Crippen LogP contribution in [-0.2, 0) is 16.1 Å². The number of methoxy groups -OCH3 is 1. The second-order valence-electron chi connectivity index (χ2n) is 6.69. The molecule has 1 atom stereocenters. The lowest BCUT2D eigenvalue weighted by atomic mass is 9.95. The van der Waals surface area contributed by atoms with E-state index >= 15 is 0 Å². The van der Waals surface area contributed by atoms with Crippen molar-refractivity contribution in [3.63, 3.8) is 0 Å². The number of nitrogens with one attached hydrogen (secondary N) is 1. The van der Waals surface area contributed by atoms with Gasteiger partial charge in [0, 0.05) is 37.6 Å². The summed E-state index contributed by atoms with van der Waals surface area (Å²) in [4.78, 5) is 34.5. The normalized spacial score (nSPS) is 16.0. The summed E-state index contributed by atoms with van der Waals surface area (Å²) < 4.78 is 6.68. The highest BCUT2D eigenvalue weighted by Gasteiger charge is 2.29. The molecule has 2 aromatic rings. The Morgan fingerprint density at radius 3 is 2.70 bits per heavy atom. The quantitative estimate of drug-likeness (QED) is 0.865. The van der Waals surface area contributed by atoms with Gasteiger partial charge in [0.25, 0.3) is 0 Å². The molecule has 1 N–H and O–H groups in total. The largest absolute Gasteiger partial charge is 0.453 e. The summed E-state index contributed by atoms with van der Waals surface area (Å²) in [5, 5.41) is 2.53. The van der Waals surface area contributed by atoms with Gasteiger partial charge in [-0.25, -0.2) is 9.78 Å². The zero-order chi connectivity index (χ0) is 19.2. The van der Waals surface area contributed by atoms with E-state index in [9.17, 15) is 9.59 Å². The molecule has 27 heavy (non-hydrogen) atoms. The van der Waals surface area contributed by atoms with Gasteiger partial charge in [-0.15, -0.1) is 0 Å². The van der Waals surface area contributed by atoms with Crippen LogP contribution < -0.4 is 5.32 Å². The molecule has 0 radical (unpaired) electrons. The number of hydrogen-bond donors (Lipinski definition) is 1. The van der Waals surface area contributed by atoms with E-state index in [0.717, 1.165) is 24.4 Å². The fourth-order valence-corrected chi connectivity index (χ4v) is 3.41. The predicted octanol–water partition coefficient (Wildman–Crippen LogP) is 1.78. The minimum Gasteiger partial charge on any atom is -0.453 e. The number of likely N-dealkylation sites (tertiary alicyclic amines) is 1. The Labute approximate surface area is 158 Å². The van der Waals surface area contributed by atoms with Crippen molar-refractivity contribution >= 4 is 12.0 Å². The third-order valence-corrected chi connectivity index (χ3v) is 4.87. The van der Waals surface area contributed by atoms with E-state index in [1.165, 1.54) is 7.11 Å². The Balaban J connectivity index is 1.58. The van der Waals surface area contributed by atoms with Gasteiger partial charge >= 0.3 is 6.09 Å². The fraction of sp³-hybridized carbons (Fsp3) is 0.474. The number of carbonyl (C=O) groups excluding carboxylic acids is 2. The zero-order valence-corrected chi connectivity index (χ0v) is 15.7. The van der Waals surface area contributed by atoms with Crippen LogP contribution in [0.4, 0.5) is 4.79 Å². The smallest absolute Gasteiger partial charge is 0.407 e. The number of ether oxygens (including phenoxy) is 1. The third-order valence-electron chi connectivity index (χ3n) is 4.87. The van der Waals surface area contributed by atoms with E-state index in [0.29, 0.717) is 25.6 Å². The molecule has 1 aliphatic heterocycles. The van der Waals surface area contributed by atoms with Gasteiger partial charge in [-0.2, -0.15) is 0 Å². The Morgan fingerprint density at radius 2 is 2.04 bits per heavy atom. The van der Waals surface area contributed by atoms with E-state index in [1.807, 2.05) is 30.6 Å². The number of nitrogens with zero attached hydrogens (tertiary/aromatic N) is 4. The zero-order valence-electron chi connectivity index (χ0n) is 15.7. The first kappa shape index (κ1) is 18.9. The molecule has 0 bridgehead atoms. The van der Waals surface area contributed by atoms with E-state index in [4.69, 9.17) is 0 Å². The molecule has 0 aromatic carbocycles. The van der Waals surface area contributed by atoms with Crippen LogP contribution in [0.3, 0.4) is 0 Å². The molecule has 3 rings (SSSR count). The highest BCUT2D eigenvalue weighted by Crippen LogP contribution is 2.27. The van der Waals surface area contributed by atoms with Crippen molar-refractivity contribution in [2.24, 2.45) is 0 Å². The molecule has 2 aromatic heterocycles. The number of rotatable bonds is 5. The van der Waals surface area contributed by atoms with Crippen LogP contribution in [0, 0.1) is 0 Å². The van der Waals surface area contributed by atoms with Gasteiger partial charge in [-0.3, -0.25) is 9.78 Å².